The van der Waals surface area contributed by atoms with Crippen LogP contribution in [0.1, 0.15) is 39.5 Å². The van der Waals surface area contributed by atoms with Crippen LogP contribution in [0, 0.1) is 5.41 Å². The van der Waals surface area contributed by atoms with Gasteiger partial charge in [0.25, 0.3) is 0 Å². The van der Waals surface area contributed by atoms with Crippen LogP contribution in [0.25, 0.3) is 0 Å². The van der Waals surface area contributed by atoms with Crippen LogP contribution in [0.2, 0.25) is 0 Å². The van der Waals surface area contributed by atoms with Crippen molar-refractivity contribution in [1.29, 1.82) is 0 Å². The second-order valence-corrected chi connectivity index (χ2v) is 5.72. The first-order valence-electron chi connectivity index (χ1n) is 6.12. The molecule has 1 aliphatic carbocycles. The van der Waals surface area contributed by atoms with Crippen LogP contribution < -0.4 is 5.32 Å². The molecule has 1 heterocycles. The molecule has 0 radical (unpaired) electrons. The average molecular weight is 196 g/mol. The molecule has 2 nitrogen and oxygen atoms in total. The molecular formula is C12H24N2. The van der Waals surface area contributed by atoms with Crippen LogP contribution >= 0.6 is 0 Å². The molecule has 2 aliphatic rings. The van der Waals surface area contributed by atoms with Crippen molar-refractivity contribution in [2.24, 2.45) is 5.41 Å². The van der Waals surface area contributed by atoms with Gasteiger partial charge in [-0.1, -0.05) is 13.8 Å². The monoisotopic (exact) mass is 196 g/mol. The molecule has 0 bridgehead atoms. The molecule has 0 unspecified atom stereocenters. The molecule has 0 amide bonds. The van der Waals surface area contributed by atoms with E-state index in [0.717, 1.165) is 6.04 Å². The standard InChI is InChI=1S/C12H24N2/c1-12(2)9-11(10-12)14-7-3-5-13-6-4-8-14/h11,13H,3-10H2,1-2H3. The highest BCUT2D eigenvalue weighted by Gasteiger charge is 2.38. The van der Waals surface area contributed by atoms with Gasteiger partial charge >= 0.3 is 0 Å². The van der Waals surface area contributed by atoms with Gasteiger partial charge in [0.15, 0.2) is 0 Å². The first-order valence-corrected chi connectivity index (χ1v) is 6.12. The Morgan fingerprint density at radius 3 is 2.14 bits per heavy atom. The van der Waals surface area contributed by atoms with Gasteiger partial charge in [-0.2, -0.15) is 0 Å². The first kappa shape index (κ1) is 10.4. The van der Waals surface area contributed by atoms with E-state index in [1.54, 1.807) is 0 Å². The summed E-state index contributed by atoms with van der Waals surface area (Å²) in [6.07, 6.45) is 5.49. The molecular weight excluding hydrogens is 172 g/mol. The van der Waals surface area contributed by atoms with Gasteiger partial charge in [0.1, 0.15) is 0 Å². The van der Waals surface area contributed by atoms with Gasteiger partial charge in [-0.25, -0.2) is 0 Å². The SMILES string of the molecule is CC1(C)CC(N2CCCNCCC2)C1. The van der Waals surface area contributed by atoms with Crippen molar-refractivity contribution in [2.75, 3.05) is 26.2 Å². The molecule has 2 fully saturated rings. The number of nitrogens with zero attached hydrogens (tertiary/aromatic N) is 1. The Morgan fingerprint density at radius 2 is 1.64 bits per heavy atom. The molecule has 0 spiro atoms. The number of nitrogens with one attached hydrogen (secondary N) is 1. The van der Waals surface area contributed by atoms with Crippen molar-refractivity contribution < 1.29 is 0 Å². The van der Waals surface area contributed by atoms with Gasteiger partial charge in [0.2, 0.25) is 0 Å². The molecule has 2 heteroatoms. The second-order valence-electron chi connectivity index (χ2n) is 5.72. The molecule has 0 aromatic rings. The molecule has 0 aromatic carbocycles. The van der Waals surface area contributed by atoms with Crippen molar-refractivity contribution >= 4 is 0 Å². The van der Waals surface area contributed by atoms with Crippen LogP contribution in [0.15, 0.2) is 0 Å². The second kappa shape index (κ2) is 4.19. The fraction of sp³-hybridized carbons (Fsp3) is 1.00. The molecule has 0 aromatic heterocycles. The predicted octanol–water partition coefficient (Wildman–Crippen LogP) is 1.86. The highest BCUT2D eigenvalue weighted by molar-refractivity contribution is 4.93. The minimum absolute atomic E-state index is 0.630. The minimum Gasteiger partial charge on any atom is -0.317 e. The summed E-state index contributed by atoms with van der Waals surface area (Å²) in [5, 5.41) is 3.47. The highest BCUT2D eigenvalue weighted by Crippen LogP contribution is 2.42. The lowest BCUT2D eigenvalue weighted by atomic mass is 9.68. The topological polar surface area (TPSA) is 15.3 Å². The molecule has 0 atom stereocenters. The van der Waals surface area contributed by atoms with Gasteiger partial charge in [-0.3, -0.25) is 0 Å². The zero-order valence-corrected chi connectivity index (χ0v) is 9.68. The lowest BCUT2D eigenvalue weighted by molar-refractivity contribution is 0.0224. The maximum absolute atomic E-state index is 3.47. The van der Waals surface area contributed by atoms with Crippen molar-refractivity contribution in [2.45, 2.75) is 45.6 Å². The van der Waals surface area contributed by atoms with Gasteiger partial charge in [-0.05, 0) is 57.3 Å². The van der Waals surface area contributed by atoms with Gasteiger partial charge in [0, 0.05) is 6.04 Å². The summed E-state index contributed by atoms with van der Waals surface area (Å²) in [6, 6.07) is 0.906. The van der Waals surface area contributed by atoms with Crippen molar-refractivity contribution in [3.8, 4) is 0 Å². The van der Waals surface area contributed by atoms with E-state index in [4.69, 9.17) is 0 Å². The number of rotatable bonds is 1. The highest BCUT2D eigenvalue weighted by atomic mass is 15.2. The van der Waals surface area contributed by atoms with E-state index in [0.29, 0.717) is 5.41 Å². The Labute approximate surface area is 88.1 Å². The van der Waals surface area contributed by atoms with E-state index in [9.17, 15) is 0 Å². The molecule has 1 saturated heterocycles. The maximum Gasteiger partial charge on any atom is 0.0105 e. The summed E-state index contributed by atoms with van der Waals surface area (Å²) >= 11 is 0. The fourth-order valence-corrected chi connectivity index (χ4v) is 2.89. The van der Waals surface area contributed by atoms with E-state index in [1.807, 2.05) is 0 Å². The van der Waals surface area contributed by atoms with E-state index in [-0.39, 0.29) is 0 Å². The van der Waals surface area contributed by atoms with E-state index in [1.165, 1.54) is 51.9 Å². The van der Waals surface area contributed by atoms with Gasteiger partial charge in [-0.15, -0.1) is 0 Å². The molecule has 2 rings (SSSR count). The van der Waals surface area contributed by atoms with Gasteiger partial charge < -0.3 is 10.2 Å². The van der Waals surface area contributed by atoms with Crippen molar-refractivity contribution in [1.82, 2.24) is 10.2 Å². The third kappa shape index (κ3) is 2.48. The summed E-state index contributed by atoms with van der Waals surface area (Å²) < 4.78 is 0. The average Bonchev–Trinajstić information content (AvgIpc) is 1.99. The van der Waals surface area contributed by atoms with Crippen LogP contribution in [0.5, 0.6) is 0 Å². The minimum atomic E-state index is 0.630. The maximum atomic E-state index is 3.47. The van der Waals surface area contributed by atoms with Crippen LogP contribution in [-0.4, -0.2) is 37.1 Å². The normalized spacial score (nSPS) is 30.4. The Morgan fingerprint density at radius 1 is 1.07 bits per heavy atom. The van der Waals surface area contributed by atoms with Crippen molar-refractivity contribution in [3.05, 3.63) is 0 Å². The fourth-order valence-electron chi connectivity index (χ4n) is 2.89. The predicted molar refractivity (Wildman–Crippen MR) is 60.5 cm³/mol. The van der Waals surface area contributed by atoms with Crippen molar-refractivity contribution in [3.63, 3.8) is 0 Å². The smallest absolute Gasteiger partial charge is 0.0105 e. The summed E-state index contributed by atoms with van der Waals surface area (Å²) in [5.41, 5.74) is 0.630. The Kier molecular flexibility index (Phi) is 3.13. The summed E-state index contributed by atoms with van der Waals surface area (Å²) in [6.45, 7) is 9.85. The lowest BCUT2D eigenvalue weighted by Gasteiger charge is -2.48. The zero-order valence-electron chi connectivity index (χ0n) is 9.68. The largest absolute Gasteiger partial charge is 0.317 e. The number of hydrogen-bond donors (Lipinski definition) is 1. The van der Waals surface area contributed by atoms with Gasteiger partial charge in [0.05, 0.1) is 0 Å². The van der Waals surface area contributed by atoms with Crippen LogP contribution in [-0.2, 0) is 0 Å². The van der Waals surface area contributed by atoms with E-state index in [2.05, 4.69) is 24.1 Å². The molecule has 1 aliphatic heterocycles. The molecule has 1 N–H and O–H groups in total. The van der Waals surface area contributed by atoms with E-state index < -0.39 is 0 Å². The van der Waals surface area contributed by atoms with E-state index >= 15 is 0 Å². The first-order chi connectivity index (χ1) is 6.67. The Bertz CT molecular complexity index is 173. The third-order valence-corrected chi connectivity index (χ3v) is 3.69. The van der Waals surface area contributed by atoms with Crippen LogP contribution in [0.3, 0.4) is 0 Å². The van der Waals surface area contributed by atoms with Crippen LogP contribution in [0.4, 0.5) is 0 Å². The third-order valence-electron chi connectivity index (χ3n) is 3.69. The summed E-state index contributed by atoms with van der Waals surface area (Å²) in [5.74, 6) is 0. The molecule has 82 valence electrons. The summed E-state index contributed by atoms with van der Waals surface area (Å²) in [7, 11) is 0. The quantitative estimate of drug-likeness (QED) is 0.688. The molecule has 1 saturated carbocycles. The molecule has 14 heavy (non-hydrogen) atoms. The zero-order chi connectivity index (χ0) is 10.0. The summed E-state index contributed by atoms with van der Waals surface area (Å²) in [4.78, 5) is 2.73. The number of hydrogen-bond acceptors (Lipinski definition) is 2. The Balaban J connectivity index is 1.78. The Hall–Kier alpha value is -0.0800. The lowest BCUT2D eigenvalue weighted by Crippen LogP contribution is -2.50.